The second-order valence-electron chi connectivity index (χ2n) is 4.25. The van der Waals surface area contributed by atoms with Crippen molar-refractivity contribution in [2.45, 2.75) is 18.8 Å². The molecule has 0 unspecified atom stereocenters. The number of ether oxygens (including phenoxy) is 3. The van der Waals surface area contributed by atoms with Gasteiger partial charge in [-0.1, -0.05) is 6.07 Å². The van der Waals surface area contributed by atoms with E-state index < -0.39 is 5.97 Å². The van der Waals surface area contributed by atoms with Crippen LogP contribution in [0, 0.1) is 0 Å². The molecule has 1 aromatic carbocycles. The van der Waals surface area contributed by atoms with Crippen LogP contribution in [0.3, 0.4) is 0 Å². The molecule has 0 fully saturated rings. The molecule has 0 aliphatic rings. The van der Waals surface area contributed by atoms with E-state index in [1.54, 1.807) is 21.3 Å². The van der Waals surface area contributed by atoms with Crippen molar-refractivity contribution in [3.63, 3.8) is 0 Å². The Labute approximate surface area is 110 Å². The average Bonchev–Trinajstić information content (AvgIpc) is 2.80. The zero-order valence-electron chi connectivity index (χ0n) is 11.3. The number of rotatable bonds is 6. The fourth-order valence-corrected chi connectivity index (χ4v) is 2.09. The maximum absolute atomic E-state index is 11.2. The van der Waals surface area contributed by atoms with E-state index in [0.29, 0.717) is 12.8 Å². The summed E-state index contributed by atoms with van der Waals surface area (Å²) in [6.07, 6.45) is 1.26. The minimum atomic E-state index is -1.03. The van der Waals surface area contributed by atoms with Gasteiger partial charge in [-0.2, -0.15) is 0 Å². The maximum Gasteiger partial charge on any atom is 0.323 e. The molecule has 104 valence electrons. The Balaban J connectivity index is 2.15. The van der Waals surface area contributed by atoms with Crippen molar-refractivity contribution in [1.82, 2.24) is 9.97 Å². The summed E-state index contributed by atoms with van der Waals surface area (Å²) in [5, 5.41) is 0. The molecule has 0 bridgehead atoms. The standard InChI is InChI=1S/C13H18N2O4/c1-17-13(18-2,19-3)7-6-9-4-5-10-11(8-9)15-12(16)14-10/h4-5,8H,6-7H2,1-3H3,(H2,14,15,16). The van der Waals surface area contributed by atoms with Gasteiger partial charge in [0.1, 0.15) is 0 Å². The van der Waals surface area contributed by atoms with Crippen LogP contribution in [-0.4, -0.2) is 37.3 Å². The molecule has 2 N–H and O–H groups in total. The Morgan fingerprint density at radius 1 is 1.05 bits per heavy atom. The van der Waals surface area contributed by atoms with Crippen molar-refractivity contribution in [1.29, 1.82) is 0 Å². The minimum absolute atomic E-state index is 0.202. The number of aromatic amines is 2. The molecule has 1 aromatic heterocycles. The van der Waals surface area contributed by atoms with Gasteiger partial charge in [-0.3, -0.25) is 0 Å². The number of hydrogen-bond acceptors (Lipinski definition) is 4. The van der Waals surface area contributed by atoms with Crippen LogP contribution in [0.4, 0.5) is 0 Å². The predicted octanol–water partition coefficient (Wildman–Crippen LogP) is 1.38. The number of aromatic nitrogens is 2. The molecule has 6 heteroatoms. The number of imidazole rings is 1. The van der Waals surface area contributed by atoms with E-state index in [2.05, 4.69) is 9.97 Å². The van der Waals surface area contributed by atoms with Crippen LogP contribution in [0.15, 0.2) is 23.0 Å². The molecule has 1 heterocycles. The summed E-state index contributed by atoms with van der Waals surface area (Å²) in [5.41, 5.74) is 2.45. The number of methoxy groups -OCH3 is 3. The van der Waals surface area contributed by atoms with Crippen LogP contribution in [0.25, 0.3) is 11.0 Å². The van der Waals surface area contributed by atoms with Gasteiger partial charge in [-0.25, -0.2) is 4.79 Å². The Hall–Kier alpha value is -1.63. The molecular weight excluding hydrogens is 248 g/mol. The van der Waals surface area contributed by atoms with E-state index in [-0.39, 0.29) is 5.69 Å². The van der Waals surface area contributed by atoms with Crippen LogP contribution >= 0.6 is 0 Å². The van der Waals surface area contributed by atoms with E-state index in [1.807, 2.05) is 18.2 Å². The highest BCUT2D eigenvalue weighted by Crippen LogP contribution is 2.21. The number of aryl methyl sites for hydroxylation is 1. The summed E-state index contributed by atoms with van der Waals surface area (Å²) < 4.78 is 15.7. The van der Waals surface area contributed by atoms with Crippen LogP contribution in [0.5, 0.6) is 0 Å². The van der Waals surface area contributed by atoms with Gasteiger partial charge in [0.25, 0.3) is 5.97 Å². The molecule has 0 aliphatic heterocycles. The number of nitrogens with one attached hydrogen (secondary N) is 2. The molecule has 2 rings (SSSR count). The molecule has 0 atom stereocenters. The molecule has 0 radical (unpaired) electrons. The highest BCUT2D eigenvalue weighted by molar-refractivity contribution is 5.74. The maximum atomic E-state index is 11.2. The lowest BCUT2D eigenvalue weighted by atomic mass is 10.1. The highest BCUT2D eigenvalue weighted by Gasteiger charge is 2.28. The van der Waals surface area contributed by atoms with Gasteiger partial charge in [0.05, 0.1) is 11.0 Å². The normalized spacial score (nSPS) is 12.2. The first-order valence-corrected chi connectivity index (χ1v) is 5.99. The molecule has 2 aromatic rings. The fraction of sp³-hybridized carbons (Fsp3) is 0.462. The molecule has 6 nitrogen and oxygen atoms in total. The van der Waals surface area contributed by atoms with Crippen LogP contribution in [0.2, 0.25) is 0 Å². The Morgan fingerprint density at radius 2 is 1.68 bits per heavy atom. The molecular formula is C13H18N2O4. The van der Waals surface area contributed by atoms with E-state index in [9.17, 15) is 4.79 Å². The molecule has 0 saturated carbocycles. The first-order valence-electron chi connectivity index (χ1n) is 5.99. The molecule has 0 aliphatic carbocycles. The van der Waals surface area contributed by atoms with Gasteiger partial charge >= 0.3 is 5.69 Å². The van der Waals surface area contributed by atoms with Crippen molar-refractivity contribution >= 4 is 11.0 Å². The highest BCUT2D eigenvalue weighted by atomic mass is 16.9. The molecule has 19 heavy (non-hydrogen) atoms. The Kier molecular flexibility index (Phi) is 4.04. The van der Waals surface area contributed by atoms with Crippen molar-refractivity contribution in [3.05, 3.63) is 34.2 Å². The lowest BCUT2D eigenvalue weighted by molar-refractivity contribution is -0.354. The predicted molar refractivity (Wildman–Crippen MR) is 71.0 cm³/mol. The Morgan fingerprint density at radius 3 is 2.32 bits per heavy atom. The Bertz CT molecular complexity index is 590. The first-order chi connectivity index (χ1) is 9.12. The van der Waals surface area contributed by atoms with Gasteiger partial charge in [-0.05, 0) is 24.1 Å². The summed E-state index contributed by atoms with van der Waals surface area (Å²) in [7, 11) is 4.62. The van der Waals surface area contributed by atoms with Crippen molar-refractivity contribution in [3.8, 4) is 0 Å². The second-order valence-corrected chi connectivity index (χ2v) is 4.25. The third-order valence-corrected chi connectivity index (χ3v) is 3.23. The summed E-state index contributed by atoms with van der Waals surface area (Å²) in [4.78, 5) is 16.6. The summed E-state index contributed by atoms with van der Waals surface area (Å²) in [6, 6.07) is 5.76. The largest absolute Gasteiger partial charge is 0.331 e. The minimum Gasteiger partial charge on any atom is -0.331 e. The number of H-pyrrole nitrogens is 2. The zero-order valence-corrected chi connectivity index (χ0v) is 11.3. The van der Waals surface area contributed by atoms with Gasteiger partial charge in [0, 0.05) is 27.8 Å². The third kappa shape index (κ3) is 2.86. The first kappa shape index (κ1) is 13.8. The van der Waals surface area contributed by atoms with Gasteiger partial charge < -0.3 is 24.2 Å². The van der Waals surface area contributed by atoms with Crippen molar-refractivity contribution in [2.24, 2.45) is 0 Å². The summed E-state index contributed by atoms with van der Waals surface area (Å²) in [6.45, 7) is 0. The molecule has 0 amide bonds. The van der Waals surface area contributed by atoms with Crippen LogP contribution in [-0.2, 0) is 20.6 Å². The van der Waals surface area contributed by atoms with E-state index >= 15 is 0 Å². The monoisotopic (exact) mass is 266 g/mol. The second kappa shape index (κ2) is 5.56. The van der Waals surface area contributed by atoms with E-state index in [0.717, 1.165) is 16.6 Å². The summed E-state index contributed by atoms with van der Waals surface area (Å²) in [5.74, 6) is -1.03. The summed E-state index contributed by atoms with van der Waals surface area (Å²) >= 11 is 0. The quantitative estimate of drug-likeness (QED) is 0.774. The zero-order chi connectivity index (χ0) is 13.9. The molecule has 0 saturated heterocycles. The third-order valence-electron chi connectivity index (χ3n) is 3.23. The fourth-order valence-electron chi connectivity index (χ4n) is 2.09. The topological polar surface area (TPSA) is 76.3 Å². The number of benzene rings is 1. The smallest absolute Gasteiger partial charge is 0.323 e. The van der Waals surface area contributed by atoms with Gasteiger partial charge in [0.15, 0.2) is 0 Å². The molecule has 0 spiro atoms. The van der Waals surface area contributed by atoms with Crippen molar-refractivity contribution < 1.29 is 14.2 Å². The number of hydrogen-bond donors (Lipinski definition) is 2. The average molecular weight is 266 g/mol. The van der Waals surface area contributed by atoms with E-state index in [1.165, 1.54) is 0 Å². The van der Waals surface area contributed by atoms with Crippen LogP contribution < -0.4 is 5.69 Å². The van der Waals surface area contributed by atoms with Gasteiger partial charge in [-0.15, -0.1) is 0 Å². The SMILES string of the molecule is COC(CCc1ccc2[nH]c(=O)[nH]c2c1)(OC)OC. The lowest BCUT2D eigenvalue weighted by Crippen LogP contribution is -2.36. The van der Waals surface area contributed by atoms with Crippen LogP contribution in [0.1, 0.15) is 12.0 Å². The van der Waals surface area contributed by atoms with Crippen molar-refractivity contribution in [2.75, 3.05) is 21.3 Å². The lowest BCUT2D eigenvalue weighted by Gasteiger charge is -2.28. The van der Waals surface area contributed by atoms with Gasteiger partial charge in [0.2, 0.25) is 0 Å². The van der Waals surface area contributed by atoms with E-state index in [4.69, 9.17) is 14.2 Å². The number of fused-ring (bicyclic) bond motifs is 1.